The summed E-state index contributed by atoms with van der Waals surface area (Å²) < 4.78 is 0. The van der Waals surface area contributed by atoms with Gasteiger partial charge in [0.05, 0.1) is 39.3 Å². The van der Waals surface area contributed by atoms with Crippen molar-refractivity contribution >= 4 is 41.9 Å². The van der Waals surface area contributed by atoms with E-state index < -0.39 is 23.6 Å². The SMILES string of the molecule is CCCCCCCCCCCCN(C=O)CC(=O)N(CCCCCCCCCCCC)CC(=O)N(CCN)CC(=O)N(CCN)CC(=O)N(CCCCCCCCCCCC)CC(=O)N(CCCCCCCCCCCC)CC(N)=O. The molecule has 0 atom stereocenters. The van der Waals surface area contributed by atoms with Crippen LogP contribution in [0.4, 0.5) is 0 Å². The van der Waals surface area contributed by atoms with Crippen molar-refractivity contribution in [2.75, 3.05) is 91.6 Å². The summed E-state index contributed by atoms with van der Waals surface area (Å²) in [6.45, 7) is 8.90. The standard InChI is InChI=1S/C65H127N9O7/c1-5-9-13-17-21-25-29-33-37-41-47-69(59-75)54-61(77)71(49-43-39-35-31-27-23-19-15-11-7-3)56-64(80)74(52-46-67)58-65(81)73(51-45-66)57-63(79)72(50-44-40-36-32-28-24-20-16-12-8-4)55-62(78)70(53-60(68)76)48-42-38-34-30-26-22-18-14-10-6-2/h59H,5-58,66-67H2,1-4H3,(H2,68,76). The third-order valence-electron chi connectivity index (χ3n) is 15.8. The molecule has 0 radical (unpaired) electrons. The lowest BCUT2D eigenvalue weighted by Crippen LogP contribution is -2.53. The van der Waals surface area contributed by atoms with E-state index in [1.54, 1.807) is 0 Å². The Morgan fingerprint density at radius 1 is 0.272 bits per heavy atom. The highest BCUT2D eigenvalue weighted by atomic mass is 16.2. The first-order chi connectivity index (χ1) is 39.4. The van der Waals surface area contributed by atoms with Crippen molar-refractivity contribution in [3.63, 3.8) is 0 Å². The second-order valence-electron chi connectivity index (χ2n) is 23.4. The minimum Gasteiger partial charge on any atom is -0.368 e. The third-order valence-corrected chi connectivity index (χ3v) is 15.8. The molecule has 6 N–H and O–H groups in total. The van der Waals surface area contributed by atoms with Crippen LogP contribution >= 0.6 is 0 Å². The lowest BCUT2D eigenvalue weighted by molar-refractivity contribution is -0.147. The van der Waals surface area contributed by atoms with Crippen LogP contribution in [-0.2, 0) is 33.6 Å². The molecule has 81 heavy (non-hydrogen) atoms. The van der Waals surface area contributed by atoms with Gasteiger partial charge in [0.2, 0.25) is 41.9 Å². The van der Waals surface area contributed by atoms with E-state index in [2.05, 4.69) is 27.7 Å². The fourth-order valence-electron chi connectivity index (χ4n) is 10.6. The molecule has 0 aliphatic heterocycles. The summed E-state index contributed by atoms with van der Waals surface area (Å²) in [4.78, 5) is 104. The van der Waals surface area contributed by atoms with E-state index in [0.29, 0.717) is 39.0 Å². The van der Waals surface area contributed by atoms with Crippen LogP contribution in [0.5, 0.6) is 0 Å². The number of nitrogens with two attached hydrogens (primary N) is 3. The van der Waals surface area contributed by atoms with Gasteiger partial charge in [-0.1, -0.05) is 259 Å². The van der Waals surface area contributed by atoms with Crippen molar-refractivity contribution in [3.8, 4) is 0 Å². The minimum atomic E-state index is -0.617. The van der Waals surface area contributed by atoms with Gasteiger partial charge in [0.15, 0.2) is 0 Å². The maximum absolute atomic E-state index is 14.4. The first kappa shape index (κ1) is 77.2. The van der Waals surface area contributed by atoms with Gasteiger partial charge in [0.1, 0.15) is 0 Å². The Morgan fingerprint density at radius 2 is 0.469 bits per heavy atom. The smallest absolute Gasteiger partial charge is 0.242 e. The zero-order valence-corrected chi connectivity index (χ0v) is 53.0. The van der Waals surface area contributed by atoms with Gasteiger partial charge < -0.3 is 46.6 Å². The summed E-state index contributed by atoms with van der Waals surface area (Å²) >= 11 is 0. The summed E-state index contributed by atoms with van der Waals surface area (Å²) in [6.07, 6.45) is 45.8. The van der Waals surface area contributed by atoms with Gasteiger partial charge >= 0.3 is 0 Å². The normalized spacial score (nSPS) is 11.2. The van der Waals surface area contributed by atoms with Crippen LogP contribution in [0.1, 0.15) is 285 Å². The lowest BCUT2D eigenvalue weighted by atomic mass is 10.1. The van der Waals surface area contributed by atoms with E-state index in [0.717, 1.165) is 96.3 Å². The molecule has 16 heteroatoms. The average molecular weight is 1150 g/mol. The van der Waals surface area contributed by atoms with Crippen molar-refractivity contribution in [1.82, 2.24) is 29.4 Å². The van der Waals surface area contributed by atoms with Crippen LogP contribution < -0.4 is 17.2 Å². The molecule has 0 rings (SSSR count). The molecular formula is C65H127N9O7. The topological polar surface area (TPSA) is 217 Å². The fraction of sp³-hybridized carbons (Fsp3) is 0.892. The summed E-state index contributed by atoms with van der Waals surface area (Å²) in [5.74, 6) is -2.69. The predicted octanol–water partition coefficient (Wildman–Crippen LogP) is 11.7. The average Bonchev–Trinajstić information content (AvgIpc) is 3.45. The number of carbonyl (C=O) groups is 7. The van der Waals surface area contributed by atoms with Crippen LogP contribution in [0.3, 0.4) is 0 Å². The fourth-order valence-corrected chi connectivity index (χ4v) is 10.6. The summed E-state index contributed by atoms with van der Waals surface area (Å²) in [6, 6.07) is 0. The molecule has 0 saturated heterocycles. The van der Waals surface area contributed by atoms with Gasteiger partial charge in [0.25, 0.3) is 0 Å². The van der Waals surface area contributed by atoms with Crippen LogP contribution in [-0.4, -0.2) is 163 Å². The second-order valence-corrected chi connectivity index (χ2v) is 23.4. The Kier molecular flexibility index (Phi) is 54.0. The lowest BCUT2D eigenvalue weighted by Gasteiger charge is -2.32. The molecular weight excluding hydrogens is 1020 g/mol. The number of rotatable bonds is 61. The molecule has 0 saturated carbocycles. The molecule has 0 bridgehead atoms. The van der Waals surface area contributed by atoms with Crippen molar-refractivity contribution in [2.24, 2.45) is 17.2 Å². The molecule has 0 heterocycles. The Hall–Kier alpha value is -3.79. The molecule has 16 nitrogen and oxygen atoms in total. The summed E-state index contributed by atoms with van der Waals surface area (Å²) in [5.41, 5.74) is 17.8. The highest BCUT2D eigenvalue weighted by Gasteiger charge is 2.29. The molecule has 7 amide bonds. The minimum absolute atomic E-state index is 0.0335. The number of hydrogen-bond donors (Lipinski definition) is 3. The first-order valence-corrected chi connectivity index (χ1v) is 33.7. The summed E-state index contributed by atoms with van der Waals surface area (Å²) in [5, 5.41) is 0. The Bertz CT molecular complexity index is 1560. The first-order valence-electron chi connectivity index (χ1n) is 33.7. The summed E-state index contributed by atoms with van der Waals surface area (Å²) in [7, 11) is 0. The van der Waals surface area contributed by atoms with Gasteiger partial charge in [-0.3, -0.25) is 33.6 Å². The number of hydrogen-bond acceptors (Lipinski definition) is 9. The molecule has 0 aliphatic rings. The predicted molar refractivity (Wildman–Crippen MR) is 335 cm³/mol. The van der Waals surface area contributed by atoms with Crippen molar-refractivity contribution in [2.45, 2.75) is 285 Å². The van der Waals surface area contributed by atoms with E-state index in [1.807, 2.05) is 0 Å². The molecule has 474 valence electrons. The maximum Gasteiger partial charge on any atom is 0.242 e. The molecule has 0 aromatic carbocycles. The number of nitrogens with zero attached hydrogens (tertiary/aromatic N) is 6. The number of carbonyl (C=O) groups excluding carboxylic acids is 7. The van der Waals surface area contributed by atoms with Crippen molar-refractivity contribution < 1.29 is 33.6 Å². The molecule has 0 aliphatic carbocycles. The van der Waals surface area contributed by atoms with E-state index in [9.17, 15) is 33.6 Å². The van der Waals surface area contributed by atoms with E-state index >= 15 is 0 Å². The van der Waals surface area contributed by atoms with Crippen molar-refractivity contribution in [1.29, 1.82) is 0 Å². The van der Waals surface area contributed by atoms with Gasteiger partial charge in [-0.25, -0.2) is 0 Å². The second kappa shape index (κ2) is 56.7. The molecule has 0 aromatic heterocycles. The van der Waals surface area contributed by atoms with Crippen LogP contribution in [0.15, 0.2) is 0 Å². The van der Waals surface area contributed by atoms with E-state index in [1.165, 1.54) is 183 Å². The molecule has 0 spiro atoms. The van der Waals surface area contributed by atoms with Crippen molar-refractivity contribution in [3.05, 3.63) is 0 Å². The van der Waals surface area contributed by atoms with Crippen LogP contribution in [0, 0.1) is 0 Å². The largest absolute Gasteiger partial charge is 0.368 e. The molecule has 0 aromatic rings. The maximum atomic E-state index is 14.4. The highest BCUT2D eigenvalue weighted by Crippen LogP contribution is 2.16. The number of unbranched alkanes of at least 4 members (excludes halogenated alkanes) is 36. The number of primary amides is 1. The van der Waals surface area contributed by atoms with E-state index in [-0.39, 0.29) is 77.3 Å². The Balaban J connectivity index is 6.14. The zero-order chi connectivity index (χ0) is 59.8. The molecule has 0 fully saturated rings. The van der Waals surface area contributed by atoms with Gasteiger partial charge in [-0.15, -0.1) is 0 Å². The zero-order valence-electron chi connectivity index (χ0n) is 53.0. The van der Waals surface area contributed by atoms with Crippen LogP contribution in [0.25, 0.3) is 0 Å². The van der Waals surface area contributed by atoms with E-state index in [4.69, 9.17) is 17.2 Å². The Labute approximate surface area is 496 Å². The highest BCUT2D eigenvalue weighted by molar-refractivity contribution is 5.92. The molecule has 0 unspecified atom stereocenters. The van der Waals surface area contributed by atoms with Gasteiger partial charge in [-0.05, 0) is 25.7 Å². The van der Waals surface area contributed by atoms with Gasteiger partial charge in [-0.2, -0.15) is 0 Å². The quantitative estimate of drug-likeness (QED) is 0.0389. The number of amides is 7. The Morgan fingerprint density at radius 3 is 0.691 bits per heavy atom. The van der Waals surface area contributed by atoms with Crippen LogP contribution in [0.2, 0.25) is 0 Å². The van der Waals surface area contributed by atoms with Gasteiger partial charge in [0, 0.05) is 52.4 Å². The monoisotopic (exact) mass is 1150 g/mol. The third kappa shape index (κ3) is 45.3.